The number of amides is 1. The van der Waals surface area contributed by atoms with Crippen LogP contribution < -0.4 is 14.8 Å². The summed E-state index contributed by atoms with van der Waals surface area (Å²) in [6, 6.07) is 5.53. The fourth-order valence-corrected chi connectivity index (χ4v) is 3.32. The number of ether oxygens (including phenoxy) is 2. The Labute approximate surface area is 160 Å². The maximum absolute atomic E-state index is 12.4. The van der Waals surface area contributed by atoms with Crippen LogP contribution in [-0.4, -0.2) is 28.9 Å². The molecule has 27 heavy (non-hydrogen) atoms. The summed E-state index contributed by atoms with van der Waals surface area (Å²) in [6.45, 7) is 10.6. The monoisotopic (exact) mass is 371 g/mol. The van der Waals surface area contributed by atoms with E-state index >= 15 is 0 Å². The van der Waals surface area contributed by atoms with Crippen molar-refractivity contribution < 1.29 is 14.3 Å². The van der Waals surface area contributed by atoms with E-state index in [9.17, 15) is 4.79 Å². The molecule has 1 aliphatic rings. The summed E-state index contributed by atoms with van der Waals surface area (Å²) in [5.74, 6) is 1.94. The highest BCUT2D eigenvalue weighted by Crippen LogP contribution is 2.32. The van der Waals surface area contributed by atoms with E-state index in [2.05, 4.69) is 35.9 Å². The fourth-order valence-electron chi connectivity index (χ4n) is 3.32. The Bertz CT molecular complexity index is 811. The number of nitrogens with one attached hydrogen (secondary N) is 1. The molecular formula is C21H29N3O3. The molecule has 0 unspecified atom stereocenters. The molecule has 0 spiro atoms. The van der Waals surface area contributed by atoms with Gasteiger partial charge in [0.15, 0.2) is 11.5 Å². The average molecular weight is 371 g/mol. The highest BCUT2D eigenvalue weighted by molar-refractivity contribution is 5.91. The van der Waals surface area contributed by atoms with Crippen LogP contribution in [0.3, 0.4) is 0 Å². The summed E-state index contributed by atoms with van der Waals surface area (Å²) in [5.41, 5.74) is 4.07. The Morgan fingerprint density at radius 3 is 2.70 bits per heavy atom. The van der Waals surface area contributed by atoms with E-state index in [1.54, 1.807) is 0 Å². The van der Waals surface area contributed by atoms with Crippen LogP contribution in [-0.2, 0) is 17.8 Å². The van der Waals surface area contributed by atoms with Crippen molar-refractivity contribution in [1.29, 1.82) is 0 Å². The van der Waals surface area contributed by atoms with Crippen LogP contribution in [0.5, 0.6) is 11.5 Å². The number of hydrogen-bond acceptors (Lipinski definition) is 4. The molecule has 0 saturated carbocycles. The van der Waals surface area contributed by atoms with Crippen LogP contribution in [0.25, 0.3) is 0 Å². The summed E-state index contributed by atoms with van der Waals surface area (Å²) >= 11 is 0. The molecule has 0 atom stereocenters. The molecule has 0 saturated heterocycles. The number of rotatable bonds is 6. The summed E-state index contributed by atoms with van der Waals surface area (Å²) in [4.78, 5) is 12.4. The standard InChI is InChI=1S/C21H29N3O3/c1-14(2)13-24-16(4)18(15(3)23-24)7-9-21(25)22-17-6-8-19-20(12-17)27-11-5-10-26-19/h6,8,12,14H,5,7,9-11,13H2,1-4H3,(H,22,25). The Hall–Kier alpha value is -2.50. The number of fused-ring (bicyclic) bond motifs is 1. The van der Waals surface area contributed by atoms with Gasteiger partial charge in [-0.15, -0.1) is 0 Å². The van der Waals surface area contributed by atoms with Gasteiger partial charge in [0.25, 0.3) is 0 Å². The van der Waals surface area contributed by atoms with Crippen molar-refractivity contribution in [3.05, 3.63) is 35.2 Å². The van der Waals surface area contributed by atoms with E-state index in [1.165, 1.54) is 5.56 Å². The smallest absolute Gasteiger partial charge is 0.224 e. The lowest BCUT2D eigenvalue weighted by Gasteiger charge is -2.11. The molecule has 146 valence electrons. The number of carbonyl (C=O) groups excluding carboxylic acids is 1. The number of benzene rings is 1. The normalized spacial score (nSPS) is 13.5. The zero-order valence-electron chi connectivity index (χ0n) is 16.7. The molecule has 0 aliphatic carbocycles. The van der Waals surface area contributed by atoms with E-state index in [1.807, 2.05) is 25.1 Å². The topological polar surface area (TPSA) is 65.4 Å². The van der Waals surface area contributed by atoms with Gasteiger partial charge < -0.3 is 14.8 Å². The molecule has 6 nitrogen and oxygen atoms in total. The van der Waals surface area contributed by atoms with Crippen molar-refractivity contribution in [2.75, 3.05) is 18.5 Å². The molecule has 6 heteroatoms. The summed E-state index contributed by atoms with van der Waals surface area (Å²) < 4.78 is 13.4. The SMILES string of the molecule is Cc1nn(CC(C)C)c(C)c1CCC(=O)Nc1ccc2c(c1)OCCCO2. The summed E-state index contributed by atoms with van der Waals surface area (Å²) in [5, 5.41) is 7.58. The predicted octanol–water partition coefficient (Wildman–Crippen LogP) is 3.89. The zero-order chi connectivity index (χ0) is 19.4. The Balaban J connectivity index is 1.60. The number of carbonyl (C=O) groups is 1. The first-order chi connectivity index (χ1) is 12.9. The van der Waals surface area contributed by atoms with Gasteiger partial charge >= 0.3 is 0 Å². The number of hydrogen-bond donors (Lipinski definition) is 1. The highest BCUT2D eigenvalue weighted by Gasteiger charge is 2.15. The van der Waals surface area contributed by atoms with Crippen LogP contribution in [0.2, 0.25) is 0 Å². The van der Waals surface area contributed by atoms with E-state index in [4.69, 9.17) is 9.47 Å². The van der Waals surface area contributed by atoms with Gasteiger partial charge in [-0.05, 0) is 43.9 Å². The van der Waals surface area contributed by atoms with Gasteiger partial charge in [-0.3, -0.25) is 9.48 Å². The van der Waals surface area contributed by atoms with E-state index in [0.717, 1.165) is 35.8 Å². The van der Waals surface area contributed by atoms with Gasteiger partial charge in [-0.2, -0.15) is 5.10 Å². The van der Waals surface area contributed by atoms with Crippen molar-refractivity contribution in [1.82, 2.24) is 9.78 Å². The molecule has 0 fully saturated rings. The number of nitrogens with zero attached hydrogens (tertiary/aromatic N) is 2. The first-order valence-electron chi connectivity index (χ1n) is 9.66. The molecule has 1 aromatic carbocycles. The third-order valence-corrected chi connectivity index (χ3v) is 4.70. The second kappa shape index (κ2) is 8.46. The molecule has 3 rings (SSSR count). The van der Waals surface area contributed by atoms with Crippen molar-refractivity contribution in [2.45, 2.75) is 53.5 Å². The lowest BCUT2D eigenvalue weighted by atomic mass is 10.1. The van der Waals surface area contributed by atoms with Gasteiger partial charge in [0, 0.05) is 36.8 Å². The maximum atomic E-state index is 12.4. The predicted molar refractivity (Wildman–Crippen MR) is 106 cm³/mol. The zero-order valence-corrected chi connectivity index (χ0v) is 16.7. The van der Waals surface area contributed by atoms with E-state index in [0.29, 0.717) is 37.7 Å². The van der Waals surface area contributed by atoms with Crippen molar-refractivity contribution in [3.63, 3.8) is 0 Å². The second-order valence-corrected chi connectivity index (χ2v) is 7.49. The third kappa shape index (κ3) is 4.81. The average Bonchev–Trinajstić information content (AvgIpc) is 2.78. The first kappa shape index (κ1) is 19.3. The summed E-state index contributed by atoms with van der Waals surface area (Å²) in [6.07, 6.45) is 1.97. The molecular weight excluding hydrogens is 342 g/mol. The van der Waals surface area contributed by atoms with Gasteiger partial charge in [-0.25, -0.2) is 0 Å². The highest BCUT2D eigenvalue weighted by atomic mass is 16.5. The van der Waals surface area contributed by atoms with Crippen LogP contribution >= 0.6 is 0 Å². The lowest BCUT2D eigenvalue weighted by Crippen LogP contribution is -2.13. The Morgan fingerprint density at radius 2 is 1.96 bits per heavy atom. The van der Waals surface area contributed by atoms with Crippen molar-refractivity contribution >= 4 is 11.6 Å². The molecule has 0 radical (unpaired) electrons. The Morgan fingerprint density at radius 1 is 1.22 bits per heavy atom. The number of aryl methyl sites for hydroxylation is 1. The van der Waals surface area contributed by atoms with Crippen molar-refractivity contribution in [3.8, 4) is 11.5 Å². The molecule has 2 heterocycles. The molecule has 1 aromatic heterocycles. The van der Waals surface area contributed by atoms with Gasteiger partial charge in [-0.1, -0.05) is 13.8 Å². The van der Waals surface area contributed by atoms with Gasteiger partial charge in [0.2, 0.25) is 5.91 Å². The molecule has 2 aromatic rings. The first-order valence-corrected chi connectivity index (χ1v) is 9.66. The molecule has 0 bridgehead atoms. The van der Waals surface area contributed by atoms with Gasteiger partial charge in [0.1, 0.15) is 0 Å². The van der Waals surface area contributed by atoms with Crippen LogP contribution in [0.15, 0.2) is 18.2 Å². The van der Waals surface area contributed by atoms with E-state index < -0.39 is 0 Å². The minimum atomic E-state index is -0.0140. The molecule has 1 N–H and O–H groups in total. The van der Waals surface area contributed by atoms with Gasteiger partial charge in [0.05, 0.1) is 18.9 Å². The number of anilines is 1. The largest absolute Gasteiger partial charge is 0.490 e. The minimum absolute atomic E-state index is 0.0140. The second-order valence-electron chi connectivity index (χ2n) is 7.49. The van der Waals surface area contributed by atoms with Crippen LogP contribution in [0.1, 0.15) is 43.6 Å². The maximum Gasteiger partial charge on any atom is 0.224 e. The minimum Gasteiger partial charge on any atom is -0.490 e. The molecule has 1 amide bonds. The van der Waals surface area contributed by atoms with Crippen molar-refractivity contribution in [2.24, 2.45) is 5.92 Å². The van der Waals surface area contributed by atoms with E-state index in [-0.39, 0.29) is 5.91 Å². The van der Waals surface area contributed by atoms with Crippen LogP contribution in [0.4, 0.5) is 5.69 Å². The summed E-state index contributed by atoms with van der Waals surface area (Å²) in [7, 11) is 0. The third-order valence-electron chi connectivity index (χ3n) is 4.70. The number of aromatic nitrogens is 2. The Kier molecular flexibility index (Phi) is 6.04. The van der Waals surface area contributed by atoms with Crippen LogP contribution in [0, 0.1) is 19.8 Å². The fraction of sp³-hybridized carbons (Fsp3) is 0.524. The lowest BCUT2D eigenvalue weighted by molar-refractivity contribution is -0.116. The quantitative estimate of drug-likeness (QED) is 0.837. The molecule has 1 aliphatic heterocycles.